The lowest BCUT2D eigenvalue weighted by molar-refractivity contribution is -0.142. The Labute approximate surface area is 156 Å². The van der Waals surface area contributed by atoms with Crippen LogP contribution >= 0.6 is 11.7 Å². The summed E-state index contributed by atoms with van der Waals surface area (Å²) in [5.41, 5.74) is 1.96. The van der Waals surface area contributed by atoms with Crippen molar-refractivity contribution in [3.8, 4) is 0 Å². The van der Waals surface area contributed by atoms with Gasteiger partial charge in [-0.2, -0.15) is 27.0 Å². The molecule has 0 radical (unpaired) electrons. The number of aromatic nitrogens is 4. The molecule has 1 aliphatic carbocycles. The zero-order chi connectivity index (χ0) is 19.0. The number of halogens is 3. The number of hydrogen-bond donors (Lipinski definition) is 1. The highest BCUT2D eigenvalue weighted by Gasteiger charge is 2.39. The summed E-state index contributed by atoms with van der Waals surface area (Å²) in [6, 6.07) is 5.01. The summed E-state index contributed by atoms with van der Waals surface area (Å²) in [7, 11) is 0. The van der Waals surface area contributed by atoms with E-state index in [0.29, 0.717) is 35.2 Å². The first kappa shape index (κ1) is 17.9. The maximum atomic E-state index is 13.2. The predicted molar refractivity (Wildman–Crippen MR) is 93.6 cm³/mol. The van der Waals surface area contributed by atoms with Gasteiger partial charge in [0.25, 0.3) is 5.91 Å². The van der Waals surface area contributed by atoms with Crippen LogP contribution in [-0.2, 0) is 25.6 Å². The van der Waals surface area contributed by atoms with Crippen molar-refractivity contribution in [3.05, 3.63) is 40.7 Å². The second-order valence-corrected chi connectivity index (χ2v) is 6.95. The fourth-order valence-corrected chi connectivity index (χ4v) is 3.90. The first-order valence-corrected chi connectivity index (χ1v) is 9.33. The molecule has 1 aromatic carbocycles. The summed E-state index contributed by atoms with van der Waals surface area (Å²) in [6.45, 7) is 0.391. The number of hydrogen-bond acceptors (Lipinski definition) is 5. The Balaban J connectivity index is 1.45. The smallest absolute Gasteiger partial charge is 0.350 e. The highest BCUT2D eigenvalue weighted by atomic mass is 32.1. The molecule has 0 saturated heterocycles. The highest BCUT2D eigenvalue weighted by Crippen LogP contribution is 2.35. The SMILES string of the molecule is O=C(NCCn1nc(C(F)(F)F)c2c1CCCC2)c1ccc2nsnc2c1. The molecule has 27 heavy (non-hydrogen) atoms. The van der Waals surface area contributed by atoms with Crippen LogP contribution in [0.3, 0.4) is 0 Å². The molecule has 1 N–H and O–H groups in total. The minimum absolute atomic E-state index is 0.192. The van der Waals surface area contributed by atoms with E-state index in [-0.39, 0.29) is 19.0 Å². The van der Waals surface area contributed by atoms with Crippen molar-refractivity contribution in [2.24, 2.45) is 0 Å². The van der Waals surface area contributed by atoms with E-state index in [1.165, 1.54) is 4.68 Å². The molecule has 2 heterocycles. The molecule has 0 bridgehead atoms. The van der Waals surface area contributed by atoms with E-state index in [9.17, 15) is 18.0 Å². The lowest BCUT2D eigenvalue weighted by Crippen LogP contribution is -2.28. The molecule has 2 aromatic heterocycles. The maximum absolute atomic E-state index is 13.2. The molecule has 10 heteroatoms. The molecule has 142 valence electrons. The van der Waals surface area contributed by atoms with E-state index in [0.717, 1.165) is 30.1 Å². The van der Waals surface area contributed by atoms with Gasteiger partial charge in [0.1, 0.15) is 11.0 Å². The molecule has 0 fully saturated rings. The van der Waals surface area contributed by atoms with Gasteiger partial charge in [-0.15, -0.1) is 0 Å². The topological polar surface area (TPSA) is 72.7 Å². The van der Waals surface area contributed by atoms with Crippen LogP contribution in [-0.4, -0.2) is 31.0 Å². The van der Waals surface area contributed by atoms with E-state index in [2.05, 4.69) is 19.2 Å². The number of amides is 1. The molecule has 0 atom stereocenters. The average molecular weight is 395 g/mol. The Morgan fingerprint density at radius 1 is 1.19 bits per heavy atom. The summed E-state index contributed by atoms with van der Waals surface area (Å²) in [5.74, 6) is -0.304. The standard InChI is InChI=1S/C17H16F3N5OS/c18-17(19,20)15-11-3-1-2-4-14(11)25(22-15)8-7-21-16(26)10-5-6-12-13(9-10)24-27-23-12/h5-6,9H,1-4,7-8H2,(H,21,26). The van der Waals surface area contributed by atoms with E-state index in [1.54, 1.807) is 18.2 Å². The van der Waals surface area contributed by atoms with Crippen LogP contribution in [0.2, 0.25) is 0 Å². The van der Waals surface area contributed by atoms with Gasteiger partial charge in [0.2, 0.25) is 0 Å². The molecule has 0 spiro atoms. The first-order chi connectivity index (χ1) is 12.9. The van der Waals surface area contributed by atoms with Crippen LogP contribution in [0.15, 0.2) is 18.2 Å². The van der Waals surface area contributed by atoms with Crippen LogP contribution in [0.5, 0.6) is 0 Å². The van der Waals surface area contributed by atoms with Gasteiger partial charge in [0.05, 0.1) is 18.3 Å². The largest absolute Gasteiger partial charge is 0.435 e. The van der Waals surface area contributed by atoms with Crippen LogP contribution in [0.25, 0.3) is 11.0 Å². The lowest BCUT2D eigenvalue weighted by atomic mass is 9.95. The van der Waals surface area contributed by atoms with E-state index >= 15 is 0 Å². The lowest BCUT2D eigenvalue weighted by Gasteiger charge is -2.15. The Morgan fingerprint density at radius 3 is 2.78 bits per heavy atom. The van der Waals surface area contributed by atoms with Crippen molar-refractivity contribution in [3.63, 3.8) is 0 Å². The van der Waals surface area contributed by atoms with Crippen LogP contribution in [0.1, 0.15) is 40.2 Å². The van der Waals surface area contributed by atoms with Crippen LogP contribution in [0.4, 0.5) is 13.2 Å². The fourth-order valence-electron chi connectivity index (χ4n) is 3.38. The zero-order valence-corrected chi connectivity index (χ0v) is 15.0. The van der Waals surface area contributed by atoms with Crippen LogP contribution < -0.4 is 5.32 Å². The third-order valence-electron chi connectivity index (χ3n) is 4.65. The van der Waals surface area contributed by atoms with E-state index < -0.39 is 11.9 Å². The normalized spacial score (nSPS) is 14.3. The van der Waals surface area contributed by atoms with Gasteiger partial charge in [-0.3, -0.25) is 9.48 Å². The Bertz CT molecular complexity index is 994. The summed E-state index contributed by atoms with van der Waals surface area (Å²) in [4.78, 5) is 12.3. The zero-order valence-electron chi connectivity index (χ0n) is 14.2. The Kier molecular flexibility index (Phi) is 4.58. The monoisotopic (exact) mass is 395 g/mol. The number of alkyl halides is 3. The second kappa shape index (κ2) is 6.91. The molecule has 3 aromatic rings. The van der Waals surface area contributed by atoms with Crippen molar-refractivity contribution >= 4 is 28.7 Å². The van der Waals surface area contributed by atoms with Gasteiger partial charge in [-0.25, -0.2) is 0 Å². The Morgan fingerprint density at radius 2 is 1.96 bits per heavy atom. The van der Waals surface area contributed by atoms with Gasteiger partial charge in [-0.1, -0.05) is 0 Å². The van der Waals surface area contributed by atoms with Crippen molar-refractivity contribution < 1.29 is 18.0 Å². The van der Waals surface area contributed by atoms with Crippen molar-refractivity contribution in [2.45, 2.75) is 38.4 Å². The Hall–Kier alpha value is -2.49. The number of fused-ring (bicyclic) bond motifs is 2. The molecule has 0 aliphatic heterocycles. The number of nitrogens with zero attached hydrogens (tertiary/aromatic N) is 4. The molecule has 1 amide bonds. The average Bonchev–Trinajstić information content (AvgIpc) is 3.25. The number of nitrogens with one attached hydrogen (secondary N) is 1. The molecule has 1 aliphatic rings. The van der Waals surface area contributed by atoms with E-state index in [4.69, 9.17) is 0 Å². The van der Waals surface area contributed by atoms with Gasteiger partial charge >= 0.3 is 6.18 Å². The quantitative estimate of drug-likeness (QED) is 0.736. The third kappa shape index (κ3) is 3.53. The molecule has 0 unspecified atom stereocenters. The molecular formula is C17H16F3N5OS. The maximum Gasteiger partial charge on any atom is 0.435 e. The number of rotatable bonds is 4. The van der Waals surface area contributed by atoms with Gasteiger partial charge < -0.3 is 5.32 Å². The minimum atomic E-state index is -4.45. The first-order valence-electron chi connectivity index (χ1n) is 8.60. The van der Waals surface area contributed by atoms with Crippen LogP contribution in [0, 0.1) is 0 Å². The molecule has 0 saturated carbocycles. The van der Waals surface area contributed by atoms with Crippen molar-refractivity contribution in [2.75, 3.05) is 6.54 Å². The number of carbonyl (C=O) groups excluding carboxylic acids is 1. The van der Waals surface area contributed by atoms with Gasteiger partial charge in [0, 0.05) is 23.4 Å². The summed E-state index contributed by atoms with van der Waals surface area (Å²) in [5, 5.41) is 6.52. The van der Waals surface area contributed by atoms with Crippen molar-refractivity contribution in [1.29, 1.82) is 0 Å². The highest BCUT2D eigenvalue weighted by molar-refractivity contribution is 7.00. The fraction of sp³-hybridized carbons (Fsp3) is 0.412. The van der Waals surface area contributed by atoms with Gasteiger partial charge in [-0.05, 0) is 43.9 Å². The molecule has 6 nitrogen and oxygen atoms in total. The minimum Gasteiger partial charge on any atom is -0.350 e. The second-order valence-electron chi connectivity index (χ2n) is 6.43. The molecular weight excluding hydrogens is 379 g/mol. The summed E-state index contributed by atoms with van der Waals surface area (Å²) < 4.78 is 49.2. The number of carbonyl (C=O) groups is 1. The summed E-state index contributed by atoms with van der Waals surface area (Å²) in [6.07, 6.45) is -1.87. The predicted octanol–water partition coefficient (Wildman–Crippen LogP) is 3.22. The van der Waals surface area contributed by atoms with Gasteiger partial charge in [0.15, 0.2) is 5.69 Å². The third-order valence-corrected chi connectivity index (χ3v) is 5.21. The molecule has 4 rings (SSSR count). The summed E-state index contributed by atoms with van der Waals surface area (Å²) >= 11 is 1.07. The van der Waals surface area contributed by atoms with Crippen molar-refractivity contribution in [1.82, 2.24) is 23.8 Å². The number of benzene rings is 1. The van der Waals surface area contributed by atoms with E-state index in [1.807, 2.05) is 0 Å².